The molecule has 166 valence electrons. The molecule has 0 spiro atoms. The average Bonchev–Trinajstić information content (AvgIpc) is 3.05. The molecule has 1 aliphatic rings. The molecule has 3 aromatic carbocycles. The monoisotopic (exact) mass is 434 g/mol. The van der Waals surface area contributed by atoms with Crippen molar-refractivity contribution in [2.24, 2.45) is 0 Å². The maximum Gasteiger partial charge on any atom is 0.178 e. The van der Waals surface area contributed by atoms with Gasteiger partial charge in [-0.2, -0.15) is 0 Å². The van der Waals surface area contributed by atoms with Gasteiger partial charge in [0.25, 0.3) is 0 Å². The van der Waals surface area contributed by atoms with Gasteiger partial charge in [-0.1, -0.05) is 36.4 Å². The Hall–Kier alpha value is -3.66. The summed E-state index contributed by atoms with van der Waals surface area (Å²) in [6.07, 6.45) is 3.61. The predicted molar refractivity (Wildman–Crippen MR) is 138 cm³/mol. The third-order valence-corrected chi connectivity index (χ3v) is 6.59. The van der Waals surface area contributed by atoms with Gasteiger partial charge >= 0.3 is 0 Å². The number of benzene rings is 3. The maximum atomic E-state index is 4.79. The van der Waals surface area contributed by atoms with Crippen LogP contribution in [0.4, 0.5) is 23.0 Å². The zero-order valence-corrected chi connectivity index (χ0v) is 20.2. The first-order chi connectivity index (χ1) is 15.8. The van der Waals surface area contributed by atoms with Crippen LogP contribution in [0.5, 0.6) is 0 Å². The molecule has 0 aliphatic carbocycles. The Labute approximate surface area is 196 Å². The highest BCUT2D eigenvalue weighted by atomic mass is 15.5. The van der Waals surface area contributed by atoms with Gasteiger partial charge < -0.3 is 9.80 Å². The number of aromatic nitrogens is 2. The molecule has 1 atom stereocenters. The molecule has 4 nitrogen and oxygen atoms in total. The third-order valence-electron chi connectivity index (χ3n) is 6.59. The van der Waals surface area contributed by atoms with Gasteiger partial charge in [-0.3, -0.25) is 0 Å². The zero-order chi connectivity index (χ0) is 23.3. The van der Waals surface area contributed by atoms with Gasteiger partial charge in [0.2, 0.25) is 0 Å². The van der Waals surface area contributed by atoms with E-state index in [2.05, 4.69) is 106 Å². The average molecular weight is 435 g/mol. The molecule has 0 amide bonds. The number of hydrogen-bond donors (Lipinski definition) is 0. The van der Waals surface area contributed by atoms with Crippen LogP contribution < -0.4 is 9.80 Å². The Bertz CT molecular complexity index is 1320. The normalized spacial score (nSPS) is 15.2. The maximum absolute atomic E-state index is 4.79. The lowest BCUT2D eigenvalue weighted by Gasteiger charge is -2.31. The molecule has 33 heavy (non-hydrogen) atoms. The van der Waals surface area contributed by atoms with Crippen LogP contribution in [-0.2, 0) is 0 Å². The van der Waals surface area contributed by atoms with Crippen molar-refractivity contribution in [1.29, 1.82) is 0 Å². The first-order valence-corrected chi connectivity index (χ1v) is 11.5. The molecule has 5 rings (SSSR count). The molecular weight excluding hydrogens is 404 g/mol. The molecular formula is C29H30N4. The minimum absolute atomic E-state index is 0.0375. The predicted octanol–water partition coefficient (Wildman–Crippen LogP) is 7.32. The van der Waals surface area contributed by atoms with Gasteiger partial charge in [0.15, 0.2) is 11.6 Å². The SMILES string of the molecule is Cc1cc(C)cc(N2c3nccnc3N(c3cc(-c4c(C)cccc4C)ccc3C)C2C)c1. The summed E-state index contributed by atoms with van der Waals surface area (Å²) < 4.78 is 0. The summed E-state index contributed by atoms with van der Waals surface area (Å²) >= 11 is 0. The van der Waals surface area contributed by atoms with Gasteiger partial charge in [-0.05, 0) is 98.7 Å². The van der Waals surface area contributed by atoms with Gasteiger partial charge in [-0.15, -0.1) is 0 Å². The van der Waals surface area contributed by atoms with Crippen molar-refractivity contribution in [2.75, 3.05) is 9.80 Å². The summed E-state index contributed by atoms with van der Waals surface area (Å²) in [5, 5.41) is 0. The standard InChI is InChI=1S/C29H30N4/c1-18-14-19(2)16-25(15-18)32-23(6)33(29-28(32)30-12-13-31-29)26-17-24(11-10-20(26)3)27-21(4)8-7-9-22(27)5/h7-17,23H,1-6H3. The fraction of sp³-hybridized carbons (Fsp3) is 0.241. The lowest BCUT2D eigenvalue weighted by Crippen LogP contribution is -2.36. The van der Waals surface area contributed by atoms with Crippen molar-refractivity contribution >= 4 is 23.0 Å². The van der Waals surface area contributed by atoms with Crippen molar-refractivity contribution < 1.29 is 0 Å². The van der Waals surface area contributed by atoms with E-state index in [-0.39, 0.29) is 6.17 Å². The topological polar surface area (TPSA) is 32.3 Å². The molecule has 1 aromatic heterocycles. The number of hydrogen-bond acceptors (Lipinski definition) is 4. The minimum Gasteiger partial charge on any atom is -0.302 e. The molecule has 0 fully saturated rings. The lowest BCUT2D eigenvalue weighted by molar-refractivity contribution is 0.752. The first kappa shape index (κ1) is 21.2. The van der Waals surface area contributed by atoms with E-state index in [0.717, 1.165) is 23.0 Å². The van der Waals surface area contributed by atoms with E-state index >= 15 is 0 Å². The Morgan fingerprint density at radius 2 is 1.27 bits per heavy atom. The summed E-state index contributed by atoms with van der Waals surface area (Å²) in [5.74, 6) is 1.79. The van der Waals surface area contributed by atoms with Crippen molar-refractivity contribution in [3.8, 4) is 11.1 Å². The summed E-state index contributed by atoms with van der Waals surface area (Å²) in [6.45, 7) is 13.1. The Kier molecular flexibility index (Phi) is 5.16. The van der Waals surface area contributed by atoms with Crippen LogP contribution in [0.25, 0.3) is 11.1 Å². The molecule has 1 unspecified atom stereocenters. The highest BCUT2D eigenvalue weighted by Gasteiger charge is 2.38. The van der Waals surface area contributed by atoms with Crippen LogP contribution in [0, 0.1) is 34.6 Å². The highest BCUT2D eigenvalue weighted by molar-refractivity contribution is 5.86. The summed E-state index contributed by atoms with van der Waals surface area (Å²) in [6, 6.07) is 19.9. The fourth-order valence-electron chi connectivity index (χ4n) is 5.17. The molecule has 0 saturated heterocycles. The zero-order valence-electron chi connectivity index (χ0n) is 20.2. The summed E-state index contributed by atoms with van der Waals surface area (Å²) in [7, 11) is 0. The van der Waals surface area contributed by atoms with Crippen LogP contribution in [0.15, 0.2) is 67.0 Å². The molecule has 4 aromatic rings. The van der Waals surface area contributed by atoms with E-state index < -0.39 is 0 Å². The van der Waals surface area contributed by atoms with Crippen molar-refractivity contribution in [3.63, 3.8) is 0 Å². The number of anilines is 4. The Morgan fingerprint density at radius 3 is 1.91 bits per heavy atom. The Morgan fingerprint density at radius 1 is 0.667 bits per heavy atom. The molecule has 0 saturated carbocycles. The second-order valence-corrected chi connectivity index (χ2v) is 9.19. The molecule has 0 radical (unpaired) electrons. The van der Waals surface area contributed by atoms with Crippen LogP contribution in [0.3, 0.4) is 0 Å². The van der Waals surface area contributed by atoms with E-state index in [9.17, 15) is 0 Å². The second kappa shape index (κ2) is 8.04. The number of aryl methyl sites for hydroxylation is 5. The highest BCUT2D eigenvalue weighted by Crippen LogP contribution is 2.46. The minimum atomic E-state index is 0.0375. The van der Waals surface area contributed by atoms with Gasteiger partial charge in [0.05, 0.1) is 0 Å². The fourth-order valence-corrected chi connectivity index (χ4v) is 5.17. The number of nitrogens with zero attached hydrogens (tertiary/aromatic N) is 4. The van der Waals surface area contributed by atoms with Crippen molar-refractivity contribution in [2.45, 2.75) is 47.7 Å². The summed E-state index contributed by atoms with van der Waals surface area (Å²) in [5.41, 5.74) is 11.1. The van der Waals surface area contributed by atoms with Crippen LogP contribution >= 0.6 is 0 Å². The van der Waals surface area contributed by atoms with E-state index in [1.807, 2.05) is 0 Å². The van der Waals surface area contributed by atoms with E-state index in [0.29, 0.717) is 0 Å². The third kappa shape index (κ3) is 3.56. The van der Waals surface area contributed by atoms with Crippen LogP contribution in [0.1, 0.15) is 34.7 Å². The molecule has 0 N–H and O–H groups in total. The smallest absolute Gasteiger partial charge is 0.178 e. The van der Waals surface area contributed by atoms with Crippen molar-refractivity contribution in [3.05, 3.63) is 94.8 Å². The molecule has 1 aliphatic heterocycles. The number of rotatable bonds is 3. The van der Waals surface area contributed by atoms with Crippen LogP contribution in [-0.4, -0.2) is 16.1 Å². The largest absolute Gasteiger partial charge is 0.302 e. The lowest BCUT2D eigenvalue weighted by atomic mass is 9.94. The van der Waals surface area contributed by atoms with E-state index in [1.54, 1.807) is 12.4 Å². The molecule has 2 heterocycles. The van der Waals surface area contributed by atoms with E-state index in [1.165, 1.54) is 38.9 Å². The quantitative estimate of drug-likeness (QED) is 0.338. The van der Waals surface area contributed by atoms with Crippen molar-refractivity contribution in [1.82, 2.24) is 9.97 Å². The molecule has 4 heteroatoms. The Balaban J connectivity index is 1.67. The van der Waals surface area contributed by atoms with Gasteiger partial charge in [0, 0.05) is 23.8 Å². The van der Waals surface area contributed by atoms with Gasteiger partial charge in [0.1, 0.15) is 6.17 Å². The first-order valence-electron chi connectivity index (χ1n) is 11.5. The van der Waals surface area contributed by atoms with E-state index in [4.69, 9.17) is 9.97 Å². The van der Waals surface area contributed by atoms with Crippen LogP contribution in [0.2, 0.25) is 0 Å². The van der Waals surface area contributed by atoms with Gasteiger partial charge in [-0.25, -0.2) is 9.97 Å². The molecule has 0 bridgehead atoms. The second-order valence-electron chi connectivity index (χ2n) is 9.19. The summed E-state index contributed by atoms with van der Waals surface area (Å²) in [4.78, 5) is 14.2. The number of fused-ring (bicyclic) bond motifs is 1.